The molecule has 146 valence electrons. The molecule has 1 unspecified atom stereocenters. The van der Waals surface area contributed by atoms with Crippen molar-refractivity contribution >= 4 is 23.8 Å². The zero-order valence-corrected chi connectivity index (χ0v) is 15.6. The fourth-order valence-electron chi connectivity index (χ4n) is 3.27. The lowest BCUT2D eigenvalue weighted by atomic mass is 10.0. The van der Waals surface area contributed by atoms with Crippen molar-refractivity contribution in [3.8, 4) is 0 Å². The fraction of sp³-hybridized carbons (Fsp3) is 0.765. The highest BCUT2D eigenvalue weighted by Gasteiger charge is 2.39. The van der Waals surface area contributed by atoms with Crippen molar-refractivity contribution in [3.05, 3.63) is 0 Å². The molecule has 0 aromatic carbocycles. The molecule has 2 aliphatic heterocycles. The molecule has 2 saturated heterocycles. The second-order valence-corrected chi connectivity index (χ2v) is 7.76. The van der Waals surface area contributed by atoms with E-state index in [-0.39, 0.29) is 18.4 Å². The monoisotopic (exact) mass is 368 g/mol. The summed E-state index contributed by atoms with van der Waals surface area (Å²) in [6.07, 6.45) is 1.87. The minimum atomic E-state index is -0.698. The molecule has 2 rings (SSSR count). The zero-order valence-electron chi connectivity index (χ0n) is 15.6. The van der Waals surface area contributed by atoms with E-state index in [4.69, 9.17) is 10.5 Å². The van der Waals surface area contributed by atoms with E-state index in [9.17, 15) is 19.2 Å². The van der Waals surface area contributed by atoms with Gasteiger partial charge in [-0.25, -0.2) is 4.79 Å². The molecule has 0 aliphatic carbocycles. The molecule has 9 heteroatoms. The second-order valence-electron chi connectivity index (χ2n) is 7.76. The first-order valence-electron chi connectivity index (χ1n) is 8.95. The van der Waals surface area contributed by atoms with Crippen molar-refractivity contribution in [1.29, 1.82) is 0 Å². The van der Waals surface area contributed by atoms with Crippen molar-refractivity contribution in [1.82, 2.24) is 15.1 Å². The highest BCUT2D eigenvalue weighted by molar-refractivity contribution is 5.93. The molecule has 2 atom stereocenters. The summed E-state index contributed by atoms with van der Waals surface area (Å²) in [5.74, 6) is -1.27. The Labute approximate surface area is 153 Å². The first-order chi connectivity index (χ1) is 12.1. The first kappa shape index (κ1) is 20.0. The number of ether oxygens (including phenoxy) is 1. The summed E-state index contributed by atoms with van der Waals surface area (Å²) in [6.45, 7) is 6.04. The van der Waals surface area contributed by atoms with Crippen LogP contribution in [0.3, 0.4) is 0 Å². The average Bonchev–Trinajstić information content (AvgIpc) is 2.99. The van der Waals surface area contributed by atoms with E-state index in [0.717, 1.165) is 0 Å². The van der Waals surface area contributed by atoms with E-state index in [1.54, 1.807) is 20.8 Å². The molecule has 2 heterocycles. The van der Waals surface area contributed by atoms with Gasteiger partial charge in [0.1, 0.15) is 17.7 Å². The van der Waals surface area contributed by atoms with Crippen LogP contribution in [0, 0.1) is 0 Å². The molecule has 0 radical (unpaired) electrons. The molecule has 2 fully saturated rings. The van der Waals surface area contributed by atoms with Crippen LogP contribution in [0.4, 0.5) is 4.79 Å². The minimum absolute atomic E-state index is 0.154. The van der Waals surface area contributed by atoms with E-state index in [1.807, 2.05) is 0 Å². The molecule has 3 N–H and O–H groups in total. The first-order valence-corrected chi connectivity index (χ1v) is 8.95. The largest absolute Gasteiger partial charge is 0.444 e. The lowest BCUT2D eigenvalue weighted by molar-refractivity contribution is -0.141. The standard InChI is InChI=1S/C17H28N4O5/c1-17(2,3)26-16(25)21-9-5-7-12(21)14(23)19-11-6-4-8-20(15(11)24)10-13(18)22/h11-12H,4-10H2,1-3H3,(H2,18,22)(H,19,23)/t11-,12?/m1/s1. The van der Waals surface area contributed by atoms with Crippen LogP contribution in [0.5, 0.6) is 0 Å². The molecular weight excluding hydrogens is 340 g/mol. The Kier molecular flexibility index (Phi) is 6.09. The van der Waals surface area contributed by atoms with Crippen molar-refractivity contribution in [2.24, 2.45) is 5.73 Å². The Morgan fingerprint density at radius 2 is 1.85 bits per heavy atom. The number of amides is 4. The van der Waals surface area contributed by atoms with Crippen LogP contribution < -0.4 is 11.1 Å². The van der Waals surface area contributed by atoms with Gasteiger partial charge in [-0.1, -0.05) is 0 Å². The molecule has 0 aromatic heterocycles. The number of nitrogens with one attached hydrogen (secondary N) is 1. The van der Waals surface area contributed by atoms with Gasteiger partial charge in [0.25, 0.3) is 0 Å². The molecule has 0 bridgehead atoms. The highest BCUT2D eigenvalue weighted by atomic mass is 16.6. The maximum absolute atomic E-state index is 12.6. The number of rotatable bonds is 4. The molecule has 0 spiro atoms. The van der Waals surface area contributed by atoms with Crippen LogP contribution in [0.15, 0.2) is 0 Å². The van der Waals surface area contributed by atoms with E-state index in [2.05, 4.69) is 5.32 Å². The Morgan fingerprint density at radius 1 is 1.19 bits per heavy atom. The SMILES string of the molecule is CC(C)(C)OC(=O)N1CCCC1C(=O)N[C@@H]1CCCN(CC(N)=O)C1=O. The van der Waals surface area contributed by atoms with E-state index >= 15 is 0 Å². The molecule has 26 heavy (non-hydrogen) atoms. The molecule has 0 saturated carbocycles. The van der Waals surface area contributed by atoms with E-state index in [1.165, 1.54) is 9.80 Å². The van der Waals surface area contributed by atoms with Gasteiger partial charge in [0, 0.05) is 13.1 Å². The van der Waals surface area contributed by atoms with Gasteiger partial charge >= 0.3 is 6.09 Å². The van der Waals surface area contributed by atoms with Crippen LogP contribution in [0.2, 0.25) is 0 Å². The second kappa shape index (κ2) is 7.92. The minimum Gasteiger partial charge on any atom is -0.444 e. The predicted octanol–water partition coefficient (Wildman–Crippen LogP) is -0.0216. The Balaban J connectivity index is 1.98. The van der Waals surface area contributed by atoms with Crippen LogP contribution in [0.25, 0.3) is 0 Å². The molecule has 2 aliphatic rings. The normalized spacial score (nSPS) is 23.7. The van der Waals surface area contributed by atoms with Gasteiger partial charge in [-0.2, -0.15) is 0 Å². The lowest BCUT2D eigenvalue weighted by Gasteiger charge is -2.33. The topological polar surface area (TPSA) is 122 Å². The van der Waals surface area contributed by atoms with Crippen molar-refractivity contribution in [3.63, 3.8) is 0 Å². The van der Waals surface area contributed by atoms with Gasteiger partial charge in [-0.3, -0.25) is 19.3 Å². The fourth-order valence-corrected chi connectivity index (χ4v) is 3.27. The predicted molar refractivity (Wildman–Crippen MR) is 92.9 cm³/mol. The summed E-state index contributed by atoms with van der Waals surface area (Å²) in [5.41, 5.74) is 4.51. The number of carbonyl (C=O) groups is 4. The Bertz CT molecular complexity index is 586. The van der Waals surface area contributed by atoms with E-state index in [0.29, 0.717) is 38.8 Å². The number of nitrogens with two attached hydrogens (primary N) is 1. The van der Waals surface area contributed by atoms with Gasteiger partial charge in [-0.05, 0) is 46.5 Å². The number of hydrogen-bond donors (Lipinski definition) is 2. The third kappa shape index (κ3) is 5.09. The molecule has 0 aromatic rings. The average molecular weight is 368 g/mol. The number of nitrogens with zero attached hydrogens (tertiary/aromatic N) is 2. The summed E-state index contributed by atoms with van der Waals surface area (Å²) in [6, 6.07) is -1.35. The summed E-state index contributed by atoms with van der Waals surface area (Å²) < 4.78 is 5.35. The van der Waals surface area contributed by atoms with Gasteiger partial charge in [0.2, 0.25) is 17.7 Å². The molecular formula is C17H28N4O5. The summed E-state index contributed by atoms with van der Waals surface area (Å²) >= 11 is 0. The van der Waals surface area contributed by atoms with Crippen molar-refractivity contribution < 1.29 is 23.9 Å². The maximum Gasteiger partial charge on any atom is 0.410 e. The zero-order chi connectivity index (χ0) is 19.5. The van der Waals surface area contributed by atoms with E-state index < -0.39 is 29.7 Å². The van der Waals surface area contributed by atoms with Gasteiger partial charge in [-0.15, -0.1) is 0 Å². The number of likely N-dealkylation sites (tertiary alicyclic amines) is 2. The number of piperidine rings is 1. The molecule has 4 amide bonds. The number of carbonyl (C=O) groups excluding carboxylic acids is 4. The number of primary amides is 1. The number of hydrogen-bond acceptors (Lipinski definition) is 5. The van der Waals surface area contributed by atoms with Gasteiger partial charge in [0.15, 0.2) is 0 Å². The third-order valence-corrected chi connectivity index (χ3v) is 4.38. The van der Waals surface area contributed by atoms with Crippen LogP contribution in [-0.4, -0.2) is 70.9 Å². The maximum atomic E-state index is 12.6. The van der Waals surface area contributed by atoms with Crippen LogP contribution in [0.1, 0.15) is 46.5 Å². The Morgan fingerprint density at radius 3 is 2.46 bits per heavy atom. The summed E-state index contributed by atoms with van der Waals surface area (Å²) in [4.78, 5) is 51.2. The highest BCUT2D eigenvalue weighted by Crippen LogP contribution is 2.22. The van der Waals surface area contributed by atoms with Gasteiger partial charge in [0.05, 0.1) is 6.54 Å². The quantitative estimate of drug-likeness (QED) is 0.722. The summed E-state index contributed by atoms with van der Waals surface area (Å²) in [5, 5.41) is 2.73. The van der Waals surface area contributed by atoms with Crippen LogP contribution in [-0.2, 0) is 19.1 Å². The smallest absolute Gasteiger partial charge is 0.410 e. The lowest BCUT2D eigenvalue weighted by Crippen LogP contribution is -2.57. The third-order valence-electron chi connectivity index (χ3n) is 4.38. The van der Waals surface area contributed by atoms with Gasteiger partial charge < -0.3 is 20.7 Å². The summed E-state index contributed by atoms with van der Waals surface area (Å²) in [7, 11) is 0. The van der Waals surface area contributed by atoms with Crippen molar-refractivity contribution in [2.75, 3.05) is 19.6 Å². The van der Waals surface area contributed by atoms with Crippen LogP contribution >= 0.6 is 0 Å². The van der Waals surface area contributed by atoms with Crippen molar-refractivity contribution in [2.45, 2.75) is 64.1 Å². The molecule has 9 nitrogen and oxygen atoms in total. The Hall–Kier alpha value is -2.32.